The monoisotopic (exact) mass is 411 g/mol. The molecule has 2 heterocycles. The summed E-state index contributed by atoms with van der Waals surface area (Å²) in [7, 11) is 0.978. The van der Waals surface area contributed by atoms with E-state index in [1.54, 1.807) is 12.1 Å². The number of allylic oxidation sites excluding steroid dienone is 1. The summed E-state index contributed by atoms with van der Waals surface area (Å²) in [4.78, 5) is 24.7. The van der Waals surface area contributed by atoms with Gasteiger partial charge in [0, 0.05) is 18.5 Å². The van der Waals surface area contributed by atoms with Crippen LogP contribution in [0.2, 0.25) is 0 Å². The maximum Gasteiger partial charge on any atom is 0.431 e. The summed E-state index contributed by atoms with van der Waals surface area (Å²) in [6.45, 7) is 2.51. The van der Waals surface area contributed by atoms with Gasteiger partial charge in [-0.2, -0.15) is 17.5 Å². The van der Waals surface area contributed by atoms with Gasteiger partial charge in [-0.25, -0.2) is 9.36 Å². The van der Waals surface area contributed by atoms with Crippen LogP contribution in [0.25, 0.3) is 15.8 Å². The minimum Gasteiger partial charge on any atom is -0.371 e. The fraction of sp³-hybridized carbons (Fsp3) is 0.278. The van der Waals surface area contributed by atoms with E-state index in [4.69, 9.17) is 4.74 Å². The van der Waals surface area contributed by atoms with Gasteiger partial charge in [0.2, 0.25) is 0 Å². The summed E-state index contributed by atoms with van der Waals surface area (Å²) in [5.41, 5.74) is -2.63. The zero-order valence-corrected chi connectivity index (χ0v) is 15.8. The Morgan fingerprint density at radius 3 is 2.68 bits per heavy atom. The van der Waals surface area contributed by atoms with Crippen molar-refractivity contribution in [1.82, 2.24) is 13.5 Å². The second kappa shape index (κ2) is 7.72. The number of alkyl halides is 3. The molecule has 2 aromatic heterocycles. The van der Waals surface area contributed by atoms with Crippen LogP contribution < -0.4 is 11.2 Å². The number of rotatable bonds is 5. The second-order valence-corrected chi connectivity index (χ2v) is 6.74. The van der Waals surface area contributed by atoms with Crippen molar-refractivity contribution in [3.05, 3.63) is 68.6 Å². The Labute approximate surface area is 161 Å². The van der Waals surface area contributed by atoms with Gasteiger partial charge < -0.3 is 4.74 Å². The molecular formula is C18H16F3N3O3S. The van der Waals surface area contributed by atoms with Gasteiger partial charge in [-0.3, -0.25) is 9.36 Å². The number of hydrogen-bond donors (Lipinski definition) is 0. The summed E-state index contributed by atoms with van der Waals surface area (Å²) in [6.07, 6.45) is -1.11. The third kappa shape index (κ3) is 3.78. The molecule has 0 fully saturated rings. The predicted molar refractivity (Wildman–Crippen MR) is 99.9 cm³/mol. The van der Waals surface area contributed by atoms with Crippen LogP contribution in [0, 0.1) is 0 Å². The van der Waals surface area contributed by atoms with Crippen LogP contribution in [0.1, 0.15) is 18.3 Å². The SMILES string of the molecule is C/C=C/COCc1nsc2ccc(-n3c(=O)cc(C(F)(F)F)n(C)c3=O)cc12. The molecule has 0 aliphatic heterocycles. The Morgan fingerprint density at radius 1 is 1.25 bits per heavy atom. The van der Waals surface area contributed by atoms with E-state index in [-0.39, 0.29) is 12.3 Å². The van der Waals surface area contributed by atoms with Gasteiger partial charge in [0.05, 0.1) is 29.3 Å². The smallest absolute Gasteiger partial charge is 0.371 e. The first-order chi connectivity index (χ1) is 13.2. The van der Waals surface area contributed by atoms with Crippen LogP contribution in [0.15, 0.2) is 46.0 Å². The van der Waals surface area contributed by atoms with Gasteiger partial charge >= 0.3 is 11.9 Å². The van der Waals surface area contributed by atoms with Gasteiger partial charge in [0.15, 0.2) is 0 Å². The molecule has 0 N–H and O–H groups in total. The van der Waals surface area contributed by atoms with Crippen LogP contribution in [0.5, 0.6) is 0 Å². The molecule has 3 aromatic rings. The van der Waals surface area contributed by atoms with Crippen LogP contribution in [-0.4, -0.2) is 20.1 Å². The summed E-state index contributed by atoms with van der Waals surface area (Å²) in [5.74, 6) is 0. The number of aromatic nitrogens is 3. The van der Waals surface area contributed by atoms with E-state index >= 15 is 0 Å². The lowest BCUT2D eigenvalue weighted by Crippen LogP contribution is -2.40. The van der Waals surface area contributed by atoms with E-state index in [1.807, 2.05) is 19.1 Å². The Kier molecular flexibility index (Phi) is 5.52. The maximum absolute atomic E-state index is 13.0. The minimum atomic E-state index is -4.80. The lowest BCUT2D eigenvalue weighted by Gasteiger charge is -2.14. The van der Waals surface area contributed by atoms with Crippen LogP contribution in [0.4, 0.5) is 13.2 Å². The summed E-state index contributed by atoms with van der Waals surface area (Å²) in [6, 6.07) is 5.14. The average Bonchev–Trinajstić information content (AvgIpc) is 3.03. The van der Waals surface area contributed by atoms with Crippen molar-refractivity contribution in [2.75, 3.05) is 6.61 Å². The van der Waals surface area contributed by atoms with E-state index in [0.29, 0.717) is 32.9 Å². The van der Waals surface area contributed by atoms with Gasteiger partial charge in [-0.05, 0) is 36.7 Å². The number of benzene rings is 1. The number of fused-ring (bicyclic) bond motifs is 1. The highest BCUT2D eigenvalue weighted by Crippen LogP contribution is 2.28. The maximum atomic E-state index is 13.0. The van der Waals surface area contributed by atoms with Crippen LogP contribution in [0.3, 0.4) is 0 Å². The van der Waals surface area contributed by atoms with Crippen molar-refractivity contribution in [2.24, 2.45) is 7.05 Å². The fourth-order valence-electron chi connectivity index (χ4n) is 2.67. The molecule has 0 amide bonds. The van der Waals surface area contributed by atoms with E-state index in [0.717, 1.165) is 11.7 Å². The van der Waals surface area contributed by atoms with E-state index in [1.165, 1.54) is 17.6 Å². The zero-order chi connectivity index (χ0) is 20.5. The fourth-order valence-corrected chi connectivity index (χ4v) is 3.44. The molecule has 0 saturated carbocycles. The van der Waals surface area contributed by atoms with Gasteiger partial charge in [0.25, 0.3) is 5.56 Å². The Morgan fingerprint density at radius 2 is 2.00 bits per heavy atom. The molecule has 10 heteroatoms. The molecule has 0 radical (unpaired) electrons. The molecule has 0 aliphatic carbocycles. The van der Waals surface area contributed by atoms with Gasteiger partial charge in [-0.1, -0.05) is 12.2 Å². The molecule has 0 atom stereocenters. The van der Waals surface area contributed by atoms with Crippen molar-refractivity contribution < 1.29 is 17.9 Å². The Hall–Kier alpha value is -2.72. The lowest BCUT2D eigenvalue weighted by molar-refractivity contribution is -0.144. The van der Waals surface area contributed by atoms with E-state index in [2.05, 4.69) is 4.37 Å². The highest BCUT2D eigenvalue weighted by Gasteiger charge is 2.35. The lowest BCUT2D eigenvalue weighted by atomic mass is 10.2. The molecule has 0 saturated heterocycles. The first-order valence-electron chi connectivity index (χ1n) is 8.22. The number of hydrogen-bond acceptors (Lipinski definition) is 5. The largest absolute Gasteiger partial charge is 0.431 e. The molecule has 0 aliphatic rings. The van der Waals surface area contributed by atoms with Crippen molar-refractivity contribution >= 4 is 21.6 Å². The molecule has 0 bridgehead atoms. The molecule has 0 spiro atoms. The minimum absolute atomic E-state index is 0.168. The third-order valence-corrected chi connectivity index (χ3v) is 4.95. The number of ether oxygens (including phenoxy) is 1. The third-order valence-electron chi connectivity index (χ3n) is 4.09. The van der Waals surface area contributed by atoms with E-state index < -0.39 is 23.1 Å². The molecule has 0 unspecified atom stereocenters. The topological polar surface area (TPSA) is 66.1 Å². The molecule has 6 nitrogen and oxygen atoms in total. The first kappa shape index (κ1) is 20.0. The van der Waals surface area contributed by atoms with Gasteiger partial charge in [0.1, 0.15) is 5.69 Å². The predicted octanol–water partition coefficient (Wildman–Crippen LogP) is 3.26. The molecule has 3 rings (SSSR count). The molecule has 148 valence electrons. The average molecular weight is 411 g/mol. The summed E-state index contributed by atoms with van der Waals surface area (Å²) in [5, 5.41) is 0.678. The zero-order valence-electron chi connectivity index (χ0n) is 15.0. The normalized spacial score (nSPS) is 12.3. The summed E-state index contributed by atoms with van der Waals surface area (Å²) < 4.78 is 50.7. The van der Waals surface area contributed by atoms with Crippen molar-refractivity contribution in [3.8, 4) is 5.69 Å². The Balaban J connectivity index is 2.08. The molecular weight excluding hydrogens is 395 g/mol. The molecule has 28 heavy (non-hydrogen) atoms. The highest BCUT2D eigenvalue weighted by molar-refractivity contribution is 7.13. The van der Waals surface area contributed by atoms with E-state index in [9.17, 15) is 22.8 Å². The highest BCUT2D eigenvalue weighted by atomic mass is 32.1. The standard InChI is InChI=1S/C18H16F3N3O3S/c1-3-4-7-27-10-13-12-8-11(5-6-14(12)28-22-13)24-16(25)9-15(18(19,20)21)23(2)17(24)26/h3-6,8-9H,7,10H2,1-2H3/b4-3+. The number of halogens is 3. The van der Waals surface area contributed by atoms with Crippen LogP contribution in [-0.2, 0) is 24.6 Å². The van der Waals surface area contributed by atoms with Crippen LogP contribution >= 0.6 is 11.5 Å². The molecule has 1 aromatic carbocycles. The quantitative estimate of drug-likeness (QED) is 0.478. The first-order valence-corrected chi connectivity index (χ1v) is 8.99. The van der Waals surface area contributed by atoms with Crippen molar-refractivity contribution in [1.29, 1.82) is 0 Å². The number of nitrogens with zero attached hydrogens (tertiary/aromatic N) is 3. The van der Waals surface area contributed by atoms with Crippen molar-refractivity contribution in [3.63, 3.8) is 0 Å². The second-order valence-electron chi connectivity index (χ2n) is 5.94. The van der Waals surface area contributed by atoms with Crippen molar-refractivity contribution in [2.45, 2.75) is 19.7 Å². The Bertz CT molecular complexity index is 1160. The van der Waals surface area contributed by atoms with Gasteiger partial charge in [-0.15, -0.1) is 0 Å². The summed E-state index contributed by atoms with van der Waals surface area (Å²) >= 11 is 1.23.